The summed E-state index contributed by atoms with van der Waals surface area (Å²) in [6, 6.07) is 9.10. The zero-order valence-corrected chi connectivity index (χ0v) is 17.0. The first-order valence-electron chi connectivity index (χ1n) is 11.3. The fraction of sp³-hybridized carbons (Fsp3) is 0.708. The number of piperidine rings is 1. The molecule has 3 heteroatoms. The molecule has 1 aliphatic heterocycles. The second-order valence-electron chi connectivity index (χ2n) is 9.29. The Morgan fingerprint density at radius 2 is 1.81 bits per heavy atom. The van der Waals surface area contributed by atoms with Gasteiger partial charge in [0.1, 0.15) is 0 Å². The van der Waals surface area contributed by atoms with Gasteiger partial charge in [-0.3, -0.25) is 4.79 Å². The molecule has 1 amide bonds. The van der Waals surface area contributed by atoms with Crippen LogP contribution in [0.5, 0.6) is 0 Å². The molecule has 3 aliphatic rings. The third-order valence-electron chi connectivity index (χ3n) is 7.59. The third-order valence-corrected chi connectivity index (χ3v) is 7.59. The molecule has 4 rings (SSSR count). The van der Waals surface area contributed by atoms with Crippen LogP contribution < -0.4 is 5.32 Å². The standard InChI is InChI=1S/C24H36N2O/c1-19(27)25-23-11-13-24(22-10-6-5-9-21(22)23)14-17-26(18-15-24)16-12-20-7-3-2-4-8-20/h5-6,9-10,20,23H,2-4,7-8,11-18H2,1H3,(H,25,27)/t23-/m0/s1. The number of benzene rings is 1. The number of amides is 1. The van der Waals surface area contributed by atoms with Crippen molar-refractivity contribution in [1.29, 1.82) is 0 Å². The van der Waals surface area contributed by atoms with Gasteiger partial charge < -0.3 is 10.2 Å². The van der Waals surface area contributed by atoms with E-state index in [1.165, 1.54) is 88.5 Å². The molecule has 1 saturated carbocycles. The van der Waals surface area contributed by atoms with Crippen molar-refractivity contribution in [2.24, 2.45) is 5.92 Å². The van der Waals surface area contributed by atoms with Gasteiger partial charge in [-0.05, 0) is 74.2 Å². The SMILES string of the molecule is CC(=O)N[C@H]1CCC2(CCN(CCC3CCCCC3)CC2)c2ccccc21. The fourth-order valence-electron chi connectivity index (χ4n) is 5.95. The van der Waals surface area contributed by atoms with Crippen LogP contribution in [0, 0.1) is 5.92 Å². The van der Waals surface area contributed by atoms with Gasteiger partial charge in [0.15, 0.2) is 0 Å². The van der Waals surface area contributed by atoms with Gasteiger partial charge in [0.25, 0.3) is 0 Å². The highest BCUT2D eigenvalue weighted by molar-refractivity contribution is 5.73. The van der Waals surface area contributed by atoms with Crippen molar-refractivity contribution in [3.8, 4) is 0 Å². The van der Waals surface area contributed by atoms with Crippen molar-refractivity contribution in [1.82, 2.24) is 10.2 Å². The van der Waals surface area contributed by atoms with E-state index in [1.54, 1.807) is 6.92 Å². The number of likely N-dealkylation sites (tertiary alicyclic amines) is 1. The Morgan fingerprint density at radius 3 is 2.56 bits per heavy atom. The molecule has 0 radical (unpaired) electrons. The van der Waals surface area contributed by atoms with E-state index in [2.05, 4.69) is 34.5 Å². The Balaban J connectivity index is 1.39. The second-order valence-corrected chi connectivity index (χ2v) is 9.29. The molecule has 3 nitrogen and oxygen atoms in total. The number of nitrogens with one attached hydrogen (secondary N) is 1. The lowest BCUT2D eigenvalue weighted by Gasteiger charge is -2.47. The van der Waals surface area contributed by atoms with E-state index in [0.29, 0.717) is 5.41 Å². The molecule has 0 bridgehead atoms. The Morgan fingerprint density at radius 1 is 1.07 bits per heavy atom. The number of hydrogen-bond donors (Lipinski definition) is 1. The lowest BCUT2D eigenvalue weighted by atomic mass is 9.63. The highest BCUT2D eigenvalue weighted by Gasteiger charge is 2.41. The number of rotatable bonds is 4. The van der Waals surface area contributed by atoms with Gasteiger partial charge in [0.2, 0.25) is 5.91 Å². The minimum atomic E-state index is 0.0864. The zero-order valence-electron chi connectivity index (χ0n) is 17.0. The van der Waals surface area contributed by atoms with Crippen LogP contribution in [0.3, 0.4) is 0 Å². The van der Waals surface area contributed by atoms with Crippen molar-refractivity contribution in [3.63, 3.8) is 0 Å². The van der Waals surface area contributed by atoms with E-state index in [1.807, 2.05) is 0 Å². The Kier molecular flexibility index (Phi) is 5.87. The summed E-state index contributed by atoms with van der Waals surface area (Å²) in [5.41, 5.74) is 3.23. The van der Waals surface area contributed by atoms with Crippen LogP contribution in [0.25, 0.3) is 0 Å². The maximum atomic E-state index is 11.6. The van der Waals surface area contributed by atoms with Gasteiger partial charge in [-0.15, -0.1) is 0 Å². The largest absolute Gasteiger partial charge is 0.350 e. The molecule has 1 aromatic rings. The van der Waals surface area contributed by atoms with Crippen molar-refractivity contribution in [2.45, 2.75) is 82.6 Å². The molecule has 1 aromatic carbocycles. The molecule has 2 fully saturated rings. The van der Waals surface area contributed by atoms with Gasteiger partial charge in [-0.25, -0.2) is 0 Å². The number of carbonyl (C=O) groups is 1. The first-order chi connectivity index (χ1) is 13.2. The topological polar surface area (TPSA) is 32.3 Å². The second kappa shape index (κ2) is 8.34. The molecule has 1 atom stereocenters. The molecule has 0 aromatic heterocycles. The van der Waals surface area contributed by atoms with E-state index in [4.69, 9.17) is 0 Å². The molecule has 1 spiro atoms. The highest BCUT2D eigenvalue weighted by Crippen LogP contribution is 2.48. The summed E-state index contributed by atoms with van der Waals surface area (Å²) in [6.07, 6.45) is 13.6. The first-order valence-corrected chi connectivity index (χ1v) is 11.3. The smallest absolute Gasteiger partial charge is 0.217 e. The molecule has 2 aliphatic carbocycles. The molecular weight excluding hydrogens is 332 g/mol. The molecule has 27 heavy (non-hydrogen) atoms. The summed E-state index contributed by atoms with van der Waals surface area (Å²) in [5, 5.41) is 3.18. The van der Waals surface area contributed by atoms with Crippen LogP contribution in [0.1, 0.15) is 88.3 Å². The maximum absolute atomic E-state index is 11.6. The molecular formula is C24H36N2O. The van der Waals surface area contributed by atoms with Crippen LogP contribution in [0.4, 0.5) is 0 Å². The van der Waals surface area contributed by atoms with Crippen LogP contribution in [-0.4, -0.2) is 30.4 Å². The van der Waals surface area contributed by atoms with Gasteiger partial charge in [0, 0.05) is 6.92 Å². The van der Waals surface area contributed by atoms with Gasteiger partial charge in [0.05, 0.1) is 6.04 Å². The van der Waals surface area contributed by atoms with E-state index < -0.39 is 0 Å². The Hall–Kier alpha value is -1.35. The van der Waals surface area contributed by atoms with E-state index in [9.17, 15) is 4.79 Å². The number of carbonyl (C=O) groups excluding carboxylic acids is 1. The minimum Gasteiger partial charge on any atom is -0.350 e. The van der Waals surface area contributed by atoms with Crippen LogP contribution >= 0.6 is 0 Å². The predicted octanol–water partition coefficient (Wildman–Crippen LogP) is 4.96. The van der Waals surface area contributed by atoms with Gasteiger partial charge >= 0.3 is 0 Å². The summed E-state index contributed by atoms with van der Waals surface area (Å²) in [5.74, 6) is 1.08. The van der Waals surface area contributed by atoms with E-state index >= 15 is 0 Å². The van der Waals surface area contributed by atoms with E-state index in [-0.39, 0.29) is 11.9 Å². The minimum absolute atomic E-state index is 0.0864. The lowest BCUT2D eigenvalue weighted by molar-refractivity contribution is -0.119. The summed E-state index contributed by atoms with van der Waals surface area (Å²) >= 11 is 0. The van der Waals surface area contributed by atoms with Crippen molar-refractivity contribution < 1.29 is 4.79 Å². The van der Waals surface area contributed by atoms with E-state index in [0.717, 1.165) is 12.3 Å². The number of fused-ring (bicyclic) bond motifs is 2. The summed E-state index contributed by atoms with van der Waals surface area (Å²) in [6.45, 7) is 5.42. The normalized spacial score (nSPS) is 25.9. The van der Waals surface area contributed by atoms with Gasteiger partial charge in [-0.1, -0.05) is 56.4 Å². The Labute approximate surface area is 164 Å². The predicted molar refractivity (Wildman–Crippen MR) is 111 cm³/mol. The fourth-order valence-corrected chi connectivity index (χ4v) is 5.95. The Bertz CT molecular complexity index is 642. The van der Waals surface area contributed by atoms with Crippen molar-refractivity contribution >= 4 is 5.91 Å². The number of hydrogen-bond acceptors (Lipinski definition) is 2. The third kappa shape index (κ3) is 4.23. The molecule has 1 N–H and O–H groups in total. The highest BCUT2D eigenvalue weighted by atomic mass is 16.1. The summed E-state index contributed by atoms with van der Waals surface area (Å²) in [7, 11) is 0. The molecule has 148 valence electrons. The van der Waals surface area contributed by atoms with Gasteiger partial charge in [-0.2, -0.15) is 0 Å². The van der Waals surface area contributed by atoms with Crippen molar-refractivity contribution in [3.05, 3.63) is 35.4 Å². The first kappa shape index (κ1) is 19.0. The molecule has 0 unspecified atom stereocenters. The average molecular weight is 369 g/mol. The quantitative estimate of drug-likeness (QED) is 0.814. The summed E-state index contributed by atoms with van der Waals surface area (Å²) in [4.78, 5) is 14.3. The lowest BCUT2D eigenvalue weighted by Crippen LogP contribution is -2.46. The number of nitrogens with zero attached hydrogens (tertiary/aromatic N) is 1. The van der Waals surface area contributed by atoms with Crippen LogP contribution in [0.2, 0.25) is 0 Å². The maximum Gasteiger partial charge on any atom is 0.217 e. The average Bonchev–Trinajstić information content (AvgIpc) is 2.71. The molecule has 1 heterocycles. The summed E-state index contributed by atoms with van der Waals surface area (Å²) < 4.78 is 0. The zero-order chi connectivity index (χ0) is 18.7. The van der Waals surface area contributed by atoms with Crippen LogP contribution in [0.15, 0.2) is 24.3 Å². The van der Waals surface area contributed by atoms with Crippen LogP contribution in [-0.2, 0) is 10.2 Å². The monoisotopic (exact) mass is 368 g/mol. The molecule has 1 saturated heterocycles. The van der Waals surface area contributed by atoms with Crippen molar-refractivity contribution in [2.75, 3.05) is 19.6 Å².